The predicted molar refractivity (Wildman–Crippen MR) is 65.5 cm³/mol. The largest absolute Gasteiger partial charge is 0.352 e. The molecule has 0 bridgehead atoms. The van der Waals surface area contributed by atoms with Gasteiger partial charge in [0, 0.05) is 6.04 Å². The molecule has 2 rings (SSSR count). The molecule has 0 saturated heterocycles. The van der Waals surface area contributed by atoms with E-state index in [0.717, 1.165) is 12.8 Å². The van der Waals surface area contributed by atoms with Crippen LogP contribution in [0.2, 0.25) is 10.3 Å². The number of aromatic nitrogens is 2. The molecule has 0 aromatic carbocycles. The Labute approximate surface area is 113 Å². The summed E-state index contributed by atoms with van der Waals surface area (Å²) in [6, 6.07) is 1.56. The van der Waals surface area contributed by atoms with E-state index in [9.17, 15) is 9.59 Å². The van der Waals surface area contributed by atoms with Crippen LogP contribution in [0.3, 0.4) is 0 Å². The maximum Gasteiger partial charge on any atom is 0.255 e. The zero-order chi connectivity index (χ0) is 13.1. The minimum absolute atomic E-state index is 0.0560. The minimum Gasteiger partial charge on any atom is -0.352 e. The fourth-order valence-corrected chi connectivity index (χ4v) is 1.60. The number of carbonyl (C=O) groups is 2. The van der Waals surface area contributed by atoms with Gasteiger partial charge in [0.2, 0.25) is 5.91 Å². The Bertz CT molecular complexity index is 491. The van der Waals surface area contributed by atoms with E-state index in [1.54, 1.807) is 0 Å². The summed E-state index contributed by atoms with van der Waals surface area (Å²) in [5.74, 6) is -0.738. The van der Waals surface area contributed by atoms with E-state index >= 15 is 0 Å². The van der Waals surface area contributed by atoms with Gasteiger partial charge >= 0.3 is 0 Å². The van der Waals surface area contributed by atoms with E-state index in [1.165, 1.54) is 6.07 Å². The molecule has 2 N–H and O–H groups in total. The molecule has 1 aliphatic carbocycles. The van der Waals surface area contributed by atoms with E-state index in [4.69, 9.17) is 23.2 Å². The van der Waals surface area contributed by atoms with Crippen LogP contribution in [-0.2, 0) is 4.79 Å². The SMILES string of the molecule is O=C(CNC(=O)c1cc(Cl)nnc1Cl)NC1CC1. The third-order valence-electron chi connectivity index (χ3n) is 2.32. The molecule has 0 aliphatic heterocycles. The molecule has 1 aromatic heterocycles. The first-order valence-electron chi connectivity index (χ1n) is 5.32. The van der Waals surface area contributed by atoms with Crippen molar-refractivity contribution in [2.24, 2.45) is 0 Å². The lowest BCUT2D eigenvalue weighted by molar-refractivity contribution is -0.120. The van der Waals surface area contributed by atoms with Gasteiger partial charge < -0.3 is 10.6 Å². The lowest BCUT2D eigenvalue weighted by Crippen LogP contribution is -2.38. The Morgan fingerprint density at radius 3 is 2.72 bits per heavy atom. The van der Waals surface area contributed by atoms with Gasteiger partial charge in [-0.2, -0.15) is 0 Å². The third kappa shape index (κ3) is 3.54. The Morgan fingerprint density at radius 1 is 1.33 bits per heavy atom. The molecule has 0 spiro atoms. The first kappa shape index (κ1) is 13.0. The van der Waals surface area contributed by atoms with Crippen molar-refractivity contribution in [3.63, 3.8) is 0 Å². The van der Waals surface area contributed by atoms with Crippen LogP contribution in [-0.4, -0.2) is 34.6 Å². The molecule has 0 unspecified atom stereocenters. The molecule has 8 heteroatoms. The van der Waals surface area contributed by atoms with Crippen molar-refractivity contribution >= 4 is 35.0 Å². The number of hydrogen-bond donors (Lipinski definition) is 2. The Morgan fingerprint density at radius 2 is 2.06 bits per heavy atom. The maximum atomic E-state index is 11.7. The molecule has 18 heavy (non-hydrogen) atoms. The van der Waals surface area contributed by atoms with Crippen molar-refractivity contribution in [2.75, 3.05) is 6.54 Å². The molecule has 96 valence electrons. The normalized spacial score (nSPS) is 14.1. The van der Waals surface area contributed by atoms with Gasteiger partial charge in [0.25, 0.3) is 5.91 Å². The van der Waals surface area contributed by atoms with Crippen LogP contribution in [0.15, 0.2) is 6.07 Å². The molecule has 1 aromatic rings. The van der Waals surface area contributed by atoms with Crippen molar-refractivity contribution in [3.8, 4) is 0 Å². The number of hydrogen-bond acceptors (Lipinski definition) is 4. The molecule has 1 aliphatic rings. The van der Waals surface area contributed by atoms with Crippen molar-refractivity contribution in [1.82, 2.24) is 20.8 Å². The van der Waals surface area contributed by atoms with Gasteiger partial charge in [0.05, 0.1) is 12.1 Å². The standard InChI is InChI=1S/C10H10Cl2N4O2/c11-7-3-6(9(12)16-15-7)10(18)13-4-8(17)14-5-1-2-5/h3,5H,1-2,4H2,(H,13,18)(H,14,17). The molecule has 6 nitrogen and oxygen atoms in total. The quantitative estimate of drug-likeness (QED) is 0.858. The Balaban J connectivity index is 1.90. The fraction of sp³-hybridized carbons (Fsp3) is 0.400. The van der Waals surface area contributed by atoms with Crippen molar-refractivity contribution in [3.05, 3.63) is 21.9 Å². The molecule has 1 fully saturated rings. The fourth-order valence-electron chi connectivity index (χ4n) is 1.27. The smallest absolute Gasteiger partial charge is 0.255 e. The number of halogens is 2. The van der Waals surface area contributed by atoms with E-state index in [1.807, 2.05) is 0 Å². The van der Waals surface area contributed by atoms with Gasteiger partial charge in [-0.3, -0.25) is 9.59 Å². The second kappa shape index (κ2) is 5.49. The number of nitrogens with one attached hydrogen (secondary N) is 2. The number of rotatable bonds is 4. The highest BCUT2D eigenvalue weighted by Gasteiger charge is 2.23. The van der Waals surface area contributed by atoms with Crippen LogP contribution in [0, 0.1) is 0 Å². The molecule has 1 saturated carbocycles. The molecular weight excluding hydrogens is 279 g/mol. The Hall–Kier alpha value is -1.40. The lowest BCUT2D eigenvalue weighted by Gasteiger charge is -2.06. The van der Waals surface area contributed by atoms with E-state index in [0.29, 0.717) is 0 Å². The maximum absolute atomic E-state index is 11.7. The first-order chi connectivity index (χ1) is 8.56. The van der Waals surface area contributed by atoms with Crippen LogP contribution in [0.1, 0.15) is 23.2 Å². The van der Waals surface area contributed by atoms with Crippen LogP contribution in [0.5, 0.6) is 0 Å². The molecule has 0 atom stereocenters. The summed E-state index contributed by atoms with van der Waals surface area (Å²) in [6.45, 7) is -0.106. The van der Waals surface area contributed by atoms with Gasteiger partial charge in [0.1, 0.15) is 0 Å². The zero-order valence-corrected chi connectivity index (χ0v) is 10.8. The van der Waals surface area contributed by atoms with E-state index in [2.05, 4.69) is 20.8 Å². The lowest BCUT2D eigenvalue weighted by atomic mass is 10.3. The van der Waals surface area contributed by atoms with E-state index < -0.39 is 5.91 Å². The van der Waals surface area contributed by atoms with Gasteiger partial charge in [-0.05, 0) is 18.9 Å². The number of amides is 2. The van der Waals surface area contributed by atoms with Crippen molar-refractivity contribution in [1.29, 1.82) is 0 Å². The van der Waals surface area contributed by atoms with Crippen LogP contribution >= 0.6 is 23.2 Å². The summed E-state index contributed by atoms with van der Waals surface area (Å²) in [7, 11) is 0. The molecule has 0 radical (unpaired) electrons. The first-order valence-corrected chi connectivity index (χ1v) is 6.08. The second-order valence-corrected chi connectivity index (χ2v) is 4.64. The summed E-state index contributed by atoms with van der Waals surface area (Å²) >= 11 is 11.3. The van der Waals surface area contributed by atoms with Crippen LogP contribution in [0.25, 0.3) is 0 Å². The summed E-state index contributed by atoms with van der Waals surface area (Å²) < 4.78 is 0. The average Bonchev–Trinajstić information content (AvgIpc) is 3.13. The summed E-state index contributed by atoms with van der Waals surface area (Å²) in [5, 5.41) is 12.2. The Kier molecular flexibility index (Phi) is 3.98. The van der Waals surface area contributed by atoms with Crippen LogP contribution in [0.4, 0.5) is 0 Å². The zero-order valence-electron chi connectivity index (χ0n) is 9.24. The summed E-state index contributed by atoms with van der Waals surface area (Å²) in [4.78, 5) is 23.1. The van der Waals surface area contributed by atoms with E-state index in [-0.39, 0.29) is 34.4 Å². The van der Waals surface area contributed by atoms with Gasteiger partial charge in [0.15, 0.2) is 10.3 Å². The highest BCUT2D eigenvalue weighted by molar-refractivity contribution is 6.34. The molecular formula is C10H10Cl2N4O2. The summed E-state index contributed by atoms with van der Waals surface area (Å²) in [6.07, 6.45) is 1.99. The van der Waals surface area contributed by atoms with Gasteiger partial charge in [-0.25, -0.2) is 0 Å². The summed E-state index contributed by atoms with van der Waals surface area (Å²) in [5.41, 5.74) is 0.0934. The topological polar surface area (TPSA) is 84.0 Å². The molecule has 2 amide bonds. The highest BCUT2D eigenvalue weighted by atomic mass is 35.5. The van der Waals surface area contributed by atoms with Crippen LogP contribution < -0.4 is 10.6 Å². The number of nitrogens with zero attached hydrogens (tertiary/aromatic N) is 2. The second-order valence-electron chi connectivity index (χ2n) is 3.90. The third-order valence-corrected chi connectivity index (χ3v) is 2.78. The highest BCUT2D eigenvalue weighted by Crippen LogP contribution is 2.18. The molecule has 1 heterocycles. The van der Waals surface area contributed by atoms with Gasteiger partial charge in [-0.15, -0.1) is 10.2 Å². The minimum atomic E-state index is -0.511. The predicted octanol–water partition coefficient (Wildman–Crippen LogP) is 0.792. The van der Waals surface area contributed by atoms with Crippen molar-refractivity contribution in [2.45, 2.75) is 18.9 Å². The monoisotopic (exact) mass is 288 g/mol. The van der Waals surface area contributed by atoms with Crippen molar-refractivity contribution < 1.29 is 9.59 Å². The average molecular weight is 289 g/mol. The van der Waals surface area contributed by atoms with Gasteiger partial charge in [-0.1, -0.05) is 23.2 Å². The number of carbonyl (C=O) groups excluding carboxylic acids is 2.